The molecule has 2 saturated heterocycles. The van der Waals surface area contributed by atoms with Gasteiger partial charge in [0, 0.05) is 0 Å². The maximum Gasteiger partial charge on any atom is 0.163 e. The summed E-state index contributed by atoms with van der Waals surface area (Å²) in [4.78, 5) is 0. The maximum atomic E-state index is 7.19. The van der Waals surface area contributed by atoms with Gasteiger partial charge in [0.15, 0.2) is 5.79 Å². The van der Waals surface area contributed by atoms with Crippen LogP contribution in [0.1, 0.15) is 53.6 Å². The van der Waals surface area contributed by atoms with Gasteiger partial charge in [-0.2, -0.15) is 0 Å². The molecule has 350 valence electrons. The second-order valence-corrected chi connectivity index (χ2v) is 17.6. The van der Waals surface area contributed by atoms with Gasteiger partial charge in [-0.3, -0.25) is 0 Å². The van der Waals surface area contributed by atoms with Crippen molar-refractivity contribution in [3.05, 3.63) is 228 Å². The zero-order chi connectivity index (χ0) is 45.9. The molecule has 0 spiro atoms. The maximum absolute atomic E-state index is 7.19. The minimum absolute atomic E-state index is 0.276. The highest BCUT2D eigenvalue weighted by Crippen LogP contribution is 2.34. The van der Waals surface area contributed by atoms with Gasteiger partial charge in [0.2, 0.25) is 0 Å². The molecular formula is C58H64O9. The third-order valence-corrected chi connectivity index (χ3v) is 12.0. The van der Waals surface area contributed by atoms with Crippen LogP contribution >= 0.6 is 0 Å². The molecule has 0 aromatic heterocycles. The van der Waals surface area contributed by atoms with E-state index in [-0.39, 0.29) is 12.7 Å². The van der Waals surface area contributed by atoms with Gasteiger partial charge in [-0.05, 0) is 53.6 Å². The first-order chi connectivity index (χ1) is 33.0. The Bertz CT molecular complexity index is 2300. The van der Waals surface area contributed by atoms with Gasteiger partial charge in [-0.25, -0.2) is 0 Å². The highest BCUT2D eigenvalue weighted by molar-refractivity contribution is 5.18. The molecule has 8 atom stereocenters. The molecule has 0 N–H and O–H groups in total. The highest BCUT2D eigenvalue weighted by atomic mass is 16.8. The zero-order valence-corrected chi connectivity index (χ0v) is 38.6. The van der Waals surface area contributed by atoms with Crippen LogP contribution < -0.4 is 0 Å². The fourth-order valence-corrected chi connectivity index (χ4v) is 8.51. The average molecular weight is 905 g/mol. The summed E-state index contributed by atoms with van der Waals surface area (Å²) in [6.07, 6.45) is 0.686. The third-order valence-electron chi connectivity index (χ3n) is 12.0. The molecule has 0 unspecified atom stereocenters. The van der Waals surface area contributed by atoms with E-state index in [2.05, 4.69) is 84.9 Å². The minimum atomic E-state index is -0.766. The van der Waals surface area contributed by atoms with Crippen molar-refractivity contribution in [1.29, 1.82) is 0 Å². The lowest BCUT2D eigenvalue weighted by molar-refractivity contribution is -0.271. The van der Waals surface area contributed by atoms with Gasteiger partial charge in [-0.15, -0.1) is 0 Å². The van der Waals surface area contributed by atoms with Crippen molar-refractivity contribution >= 4 is 0 Å². The van der Waals surface area contributed by atoms with Crippen molar-refractivity contribution in [3.8, 4) is 0 Å². The first-order valence-electron chi connectivity index (χ1n) is 23.5. The Kier molecular flexibility index (Phi) is 18.1. The molecular weight excluding hydrogens is 841 g/mol. The van der Waals surface area contributed by atoms with Gasteiger partial charge in [-0.1, -0.05) is 194 Å². The molecule has 9 heteroatoms. The third kappa shape index (κ3) is 14.8. The van der Waals surface area contributed by atoms with Crippen LogP contribution in [-0.4, -0.2) is 67.8 Å². The normalized spacial score (nSPS) is 22.4. The first kappa shape index (κ1) is 48.2. The summed E-state index contributed by atoms with van der Waals surface area (Å²) in [6.45, 7) is 6.75. The number of hydrogen-bond donors (Lipinski definition) is 0. The van der Waals surface area contributed by atoms with Crippen LogP contribution in [0.4, 0.5) is 0 Å². The molecule has 2 fully saturated rings. The van der Waals surface area contributed by atoms with Crippen LogP contribution in [0.3, 0.4) is 0 Å². The van der Waals surface area contributed by atoms with Crippen LogP contribution in [0, 0.1) is 0 Å². The lowest BCUT2D eigenvalue weighted by Gasteiger charge is -2.46. The molecule has 6 aromatic rings. The Morgan fingerprint density at radius 3 is 1.34 bits per heavy atom. The first-order valence-corrected chi connectivity index (χ1v) is 23.5. The lowest BCUT2D eigenvalue weighted by Crippen LogP contribution is -2.61. The average Bonchev–Trinajstić information content (AvgIpc) is 3.74. The summed E-state index contributed by atoms with van der Waals surface area (Å²) in [6, 6.07) is 61.1. The van der Waals surface area contributed by atoms with E-state index in [1.165, 1.54) is 0 Å². The van der Waals surface area contributed by atoms with E-state index >= 15 is 0 Å². The van der Waals surface area contributed by atoms with Gasteiger partial charge < -0.3 is 42.6 Å². The second kappa shape index (κ2) is 25.2. The van der Waals surface area contributed by atoms with Crippen LogP contribution in [-0.2, 0) is 82.3 Å². The quantitative estimate of drug-likeness (QED) is 0.0552. The Morgan fingerprint density at radius 2 is 0.896 bits per heavy atom. The van der Waals surface area contributed by atoms with Crippen LogP contribution in [0.25, 0.3) is 0 Å². The molecule has 9 nitrogen and oxygen atoms in total. The number of benzene rings is 6. The minimum Gasteiger partial charge on any atom is -0.374 e. The summed E-state index contributed by atoms with van der Waals surface area (Å²) < 4.78 is 60.8. The Hall–Kier alpha value is -5.30. The summed E-state index contributed by atoms with van der Waals surface area (Å²) in [7, 11) is 0. The monoisotopic (exact) mass is 904 g/mol. The van der Waals surface area contributed by atoms with Crippen LogP contribution in [0.15, 0.2) is 194 Å². The molecule has 6 aromatic carbocycles. The fourth-order valence-electron chi connectivity index (χ4n) is 8.51. The van der Waals surface area contributed by atoms with Gasteiger partial charge in [0.25, 0.3) is 0 Å². The standard InChI is InChI=1S/C58H64O9/c1-58(2)65-43-53(67-58)54(61-38-46-26-13-5-14-27-46)50(60-37-45-24-11-4-12-25-45)34-21-35-51-55(62-39-47-28-15-6-16-29-47)57(64-41-49-32-19-8-20-33-49)56(63-40-48-30-17-7-18-31-48)52(66-51)42-59-36-44-22-9-3-10-23-44/h3-34,50-57H,35-43H2,1-2H3/b34-21-/t50-,51+,52-,53+,54+,55+,56-,57-/m1/s1. The van der Waals surface area contributed by atoms with Crippen LogP contribution in [0.5, 0.6) is 0 Å². The van der Waals surface area contributed by atoms with Crippen molar-refractivity contribution in [3.63, 3.8) is 0 Å². The van der Waals surface area contributed by atoms with Gasteiger partial charge in [0.05, 0.1) is 59.0 Å². The smallest absolute Gasteiger partial charge is 0.163 e. The fraction of sp³-hybridized carbons (Fsp3) is 0.345. The van der Waals surface area contributed by atoms with Crippen molar-refractivity contribution in [2.45, 2.75) is 115 Å². The number of ether oxygens (including phenoxy) is 9. The van der Waals surface area contributed by atoms with Gasteiger partial charge in [0.1, 0.15) is 42.7 Å². The van der Waals surface area contributed by atoms with E-state index < -0.39 is 48.5 Å². The SMILES string of the molecule is CC1(C)OC[C@@H]([C@@H](OCc2ccccc2)[C@@H](/C=C\C[C@@H]2O[C@H](COCc3ccccc3)[C@@H](OCc3ccccc3)[C@H](OCc3ccccc3)[C@H]2OCc2ccccc2)OCc2ccccc2)O1. The topological polar surface area (TPSA) is 83.1 Å². The molecule has 0 saturated carbocycles. The molecule has 2 aliphatic rings. The van der Waals surface area contributed by atoms with E-state index in [1.54, 1.807) is 0 Å². The summed E-state index contributed by atoms with van der Waals surface area (Å²) in [5.74, 6) is -0.766. The molecule has 8 rings (SSSR count). The summed E-state index contributed by atoms with van der Waals surface area (Å²) >= 11 is 0. The Labute approximate surface area is 396 Å². The van der Waals surface area contributed by atoms with Gasteiger partial charge >= 0.3 is 0 Å². The van der Waals surface area contributed by atoms with Crippen molar-refractivity contribution in [2.24, 2.45) is 0 Å². The van der Waals surface area contributed by atoms with Crippen molar-refractivity contribution in [1.82, 2.24) is 0 Å². The predicted octanol–water partition coefficient (Wildman–Crippen LogP) is 11.0. The van der Waals surface area contributed by atoms with Crippen molar-refractivity contribution < 1.29 is 42.6 Å². The summed E-state index contributed by atoms with van der Waals surface area (Å²) in [5.41, 5.74) is 6.32. The zero-order valence-electron chi connectivity index (χ0n) is 38.6. The molecule has 0 radical (unpaired) electrons. The Balaban J connectivity index is 1.12. The second-order valence-electron chi connectivity index (χ2n) is 17.6. The largest absolute Gasteiger partial charge is 0.374 e. The number of rotatable bonds is 24. The Morgan fingerprint density at radius 1 is 0.493 bits per heavy atom. The lowest BCUT2D eigenvalue weighted by atomic mass is 9.92. The highest BCUT2D eigenvalue weighted by Gasteiger charge is 2.48. The summed E-state index contributed by atoms with van der Waals surface area (Å²) in [5, 5.41) is 0. The van der Waals surface area contributed by atoms with Crippen molar-refractivity contribution in [2.75, 3.05) is 13.2 Å². The van der Waals surface area contributed by atoms with E-state index in [9.17, 15) is 0 Å². The molecule has 0 aliphatic carbocycles. The van der Waals surface area contributed by atoms with E-state index in [4.69, 9.17) is 42.6 Å². The number of hydrogen-bond acceptors (Lipinski definition) is 9. The molecule has 2 heterocycles. The van der Waals surface area contributed by atoms with Crippen LogP contribution in [0.2, 0.25) is 0 Å². The molecule has 0 bridgehead atoms. The molecule has 0 amide bonds. The molecule has 67 heavy (non-hydrogen) atoms. The van der Waals surface area contributed by atoms with E-state index in [1.807, 2.05) is 123 Å². The predicted molar refractivity (Wildman–Crippen MR) is 259 cm³/mol. The van der Waals surface area contributed by atoms with E-state index in [0.29, 0.717) is 52.7 Å². The van der Waals surface area contributed by atoms with E-state index in [0.717, 1.165) is 33.4 Å². The molecule has 2 aliphatic heterocycles.